The Hall–Kier alpha value is -4.14. The average molecular weight is 394 g/mol. The van der Waals surface area contributed by atoms with Crippen molar-refractivity contribution in [3.05, 3.63) is 86.3 Å². The van der Waals surface area contributed by atoms with Gasteiger partial charge in [0, 0.05) is 35.9 Å². The van der Waals surface area contributed by atoms with Crippen molar-refractivity contribution in [3.63, 3.8) is 0 Å². The number of methoxy groups -OCH3 is 1. The van der Waals surface area contributed by atoms with Gasteiger partial charge in [-0.05, 0) is 29.3 Å². The van der Waals surface area contributed by atoms with E-state index in [-0.39, 0.29) is 17.7 Å². The minimum absolute atomic E-state index is 0.0309. The molecule has 0 atom stereocenters. The third-order valence-electron chi connectivity index (χ3n) is 4.27. The number of aromatic nitrogens is 1. The number of carbonyl (C=O) groups is 1. The lowest BCUT2D eigenvalue weighted by Crippen LogP contribution is -2.21. The summed E-state index contributed by atoms with van der Waals surface area (Å²) in [7, 11) is 1.51. The molecule has 0 aliphatic carbocycles. The number of pyridine rings is 1. The van der Waals surface area contributed by atoms with Crippen LogP contribution in [0.25, 0.3) is 11.1 Å². The van der Waals surface area contributed by atoms with Crippen LogP contribution in [0.15, 0.2) is 59.5 Å². The van der Waals surface area contributed by atoms with Gasteiger partial charge in [0.05, 0.1) is 17.7 Å². The summed E-state index contributed by atoms with van der Waals surface area (Å²) in [4.78, 5) is 36.4. The second kappa shape index (κ2) is 8.26. The average Bonchev–Trinajstić information content (AvgIpc) is 2.70. The van der Waals surface area contributed by atoms with Crippen molar-refractivity contribution in [1.82, 2.24) is 4.98 Å². The van der Waals surface area contributed by atoms with Crippen LogP contribution in [-0.2, 0) is 6.42 Å². The highest BCUT2D eigenvalue weighted by atomic mass is 16.6. The number of nitrogens with two attached hydrogens (primary N) is 1. The van der Waals surface area contributed by atoms with Gasteiger partial charge in [-0.1, -0.05) is 18.2 Å². The molecule has 9 nitrogen and oxygen atoms in total. The molecule has 2 amide bonds. The lowest BCUT2D eigenvalue weighted by atomic mass is 9.98. The highest BCUT2D eigenvalue weighted by molar-refractivity contribution is 5.87. The molecule has 0 aliphatic rings. The number of primary amides is 1. The fourth-order valence-electron chi connectivity index (χ4n) is 2.97. The number of amides is 2. The van der Waals surface area contributed by atoms with E-state index in [0.29, 0.717) is 28.1 Å². The monoisotopic (exact) mass is 394 g/mol. The molecule has 0 bridgehead atoms. The summed E-state index contributed by atoms with van der Waals surface area (Å²) in [6, 6.07) is 12.4. The van der Waals surface area contributed by atoms with Crippen molar-refractivity contribution in [3.8, 4) is 16.9 Å². The number of hydrogen-bond donors (Lipinski definition) is 3. The zero-order valence-corrected chi connectivity index (χ0v) is 15.5. The van der Waals surface area contributed by atoms with E-state index < -0.39 is 11.0 Å². The summed E-state index contributed by atoms with van der Waals surface area (Å²) in [5.74, 6) is 0.548. The Morgan fingerprint density at radius 2 is 2.03 bits per heavy atom. The Balaban J connectivity index is 2.00. The molecule has 2 aromatic carbocycles. The lowest BCUT2D eigenvalue weighted by Gasteiger charge is -2.12. The van der Waals surface area contributed by atoms with Crippen molar-refractivity contribution in [2.45, 2.75) is 6.42 Å². The van der Waals surface area contributed by atoms with Crippen LogP contribution < -0.4 is 21.3 Å². The molecule has 1 aromatic heterocycles. The van der Waals surface area contributed by atoms with Gasteiger partial charge >= 0.3 is 6.03 Å². The van der Waals surface area contributed by atoms with Crippen LogP contribution >= 0.6 is 0 Å². The van der Waals surface area contributed by atoms with Gasteiger partial charge in [-0.2, -0.15) is 0 Å². The highest BCUT2D eigenvalue weighted by Crippen LogP contribution is 2.33. The number of rotatable bonds is 6. The molecule has 4 N–H and O–H groups in total. The van der Waals surface area contributed by atoms with Crippen LogP contribution in [0.3, 0.4) is 0 Å². The van der Waals surface area contributed by atoms with Gasteiger partial charge in [-0.15, -0.1) is 0 Å². The first-order valence-electron chi connectivity index (χ1n) is 8.57. The van der Waals surface area contributed by atoms with Crippen molar-refractivity contribution < 1.29 is 14.5 Å². The van der Waals surface area contributed by atoms with E-state index in [1.54, 1.807) is 30.3 Å². The number of ether oxygens (including phenoxy) is 1. The van der Waals surface area contributed by atoms with E-state index in [0.717, 1.165) is 5.56 Å². The normalized spacial score (nSPS) is 10.4. The van der Waals surface area contributed by atoms with E-state index in [1.807, 2.05) is 6.07 Å². The summed E-state index contributed by atoms with van der Waals surface area (Å²) in [6.07, 6.45) is 1.63. The molecule has 0 saturated carbocycles. The summed E-state index contributed by atoms with van der Waals surface area (Å²) >= 11 is 0. The quantitative estimate of drug-likeness (QED) is 0.435. The van der Waals surface area contributed by atoms with Gasteiger partial charge in [0.15, 0.2) is 0 Å². The molecular formula is C20H18N4O5. The largest absolute Gasteiger partial charge is 0.496 e. The van der Waals surface area contributed by atoms with E-state index in [1.165, 1.54) is 25.4 Å². The Morgan fingerprint density at radius 1 is 1.24 bits per heavy atom. The number of benzene rings is 2. The summed E-state index contributed by atoms with van der Waals surface area (Å²) in [5.41, 5.74) is 7.65. The van der Waals surface area contributed by atoms with Crippen molar-refractivity contribution in [1.29, 1.82) is 0 Å². The first-order valence-corrected chi connectivity index (χ1v) is 8.57. The molecule has 3 rings (SSSR count). The van der Waals surface area contributed by atoms with Gasteiger partial charge in [0.1, 0.15) is 5.75 Å². The predicted octanol–water partition coefficient (Wildman–Crippen LogP) is 3.04. The van der Waals surface area contributed by atoms with Crippen LogP contribution in [0.1, 0.15) is 11.1 Å². The Kier molecular flexibility index (Phi) is 5.59. The summed E-state index contributed by atoms with van der Waals surface area (Å²) in [6.45, 7) is 0. The number of nitro groups is 1. The van der Waals surface area contributed by atoms with Crippen LogP contribution in [-0.4, -0.2) is 23.0 Å². The van der Waals surface area contributed by atoms with Gasteiger partial charge in [0.2, 0.25) is 0 Å². The Morgan fingerprint density at radius 3 is 2.72 bits per heavy atom. The van der Waals surface area contributed by atoms with E-state index in [9.17, 15) is 19.7 Å². The maximum atomic E-state index is 12.2. The number of nitrogens with zero attached hydrogens (tertiary/aromatic N) is 1. The fourth-order valence-corrected chi connectivity index (χ4v) is 2.97. The molecular weight excluding hydrogens is 376 g/mol. The van der Waals surface area contributed by atoms with E-state index in [4.69, 9.17) is 10.5 Å². The van der Waals surface area contributed by atoms with Gasteiger partial charge in [-0.25, -0.2) is 4.79 Å². The van der Waals surface area contributed by atoms with E-state index >= 15 is 0 Å². The van der Waals surface area contributed by atoms with Crippen molar-refractivity contribution >= 4 is 17.4 Å². The number of H-pyrrole nitrogens is 1. The summed E-state index contributed by atoms with van der Waals surface area (Å²) < 4.78 is 5.39. The zero-order valence-electron chi connectivity index (χ0n) is 15.5. The summed E-state index contributed by atoms with van der Waals surface area (Å²) in [5, 5.41) is 13.5. The molecule has 9 heteroatoms. The zero-order chi connectivity index (χ0) is 21.0. The molecule has 0 fully saturated rings. The Labute approximate surface area is 165 Å². The number of urea groups is 1. The smallest absolute Gasteiger partial charge is 0.316 e. The van der Waals surface area contributed by atoms with Gasteiger partial charge in [-0.3, -0.25) is 14.9 Å². The third kappa shape index (κ3) is 4.59. The van der Waals surface area contributed by atoms with Crippen LogP contribution in [0, 0.1) is 10.1 Å². The molecule has 0 saturated heterocycles. The molecule has 29 heavy (non-hydrogen) atoms. The van der Waals surface area contributed by atoms with Gasteiger partial charge < -0.3 is 20.8 Å². The molecule has 0 radical (unpaired) electrons. The number of nitro benzene ring substituents is 1. The first-order chi connectivity index (χ1) is 13.9. The minimum atomic E-state index is -0.736. The maximum Gasteiger partial charge on any atom is 0.316 e. The third-order valence-corrected chi connectivity index (χ3v) is 4.27. The molecule has 148 valence electrons. The molecule has 0 unspecified atom stereocenters. The van der Waals surface area contributed by atoms with Crippen molar-refractivity contribution in [2.24, 2.45) is 5.73 Å². The number of nitrogens with one attached hydrogen (secondary N) is 2. The highest BCUT2D eigenvalue weighted by Gasteiger charge is 2.13. The Bertz CT molecular complexity index is 1140. The van der Waals surface area contributed by atoms with Crippen molar-refractivity contribution in [2.75, 3.05) is 12.4 Å². The maximum absolute atomic E-state index is 12.2. The van der Waals surface area contributed by atoms with Gasteiger partial charge in [0.25, 0.3) is 11.2 Å². The van der Waals surface area contributed by atoms with Crippen LogP contribution in [0.2, 0.25) is 0 Å². The molecule has 1 heterocycles. The van der Waals surface area contributed by atoms with Crippen LogP contribution in [0.5, 0.6) is 5.75 Å². The van der Waals surface area contributed by atoms with Crippen LogP contribution in [0.4, 0.5) is 16.2 Å². The number of non-ortho nitro benzene ring substituents is 1. The molecule has 0 aliphatic heterocycles. The fraction of sp³-hybridized carbons (Fsp3) is 0.100. The first kappa shape index (κ1) is 19.6. The SMILES string of the molecule is COc1ccc(Cc2cc(NC(N)=O)c[nH]c2=O)cc1-c1cccc([N+](=O)[O-])c1. The molecule has 0 spiro atoms. The lowest BCUT2D eigenvalue weighted by molar-refractivity contribution is -0.384. The minimum Gasteiger partial charge on any atom is -0.496 e. The number of aromatic amines is 1. The number of hydrogen-bond acceptors (Lipinski definition) is 5. The van der Waals surface area contributed by atoms with E-state index in [2.05, 4.69) is 10.3 Å². The predicted molar refractivity (Wildman–Crippen MR) is 108 cm³/mol. The number of anilines is 1. The number of carbonyl (C=O) groups excluding carboxylic acids is 1. The molecule has 3 aromatic rings. The second-order valence-corrected chi connectivity index (χ2v) is 6.25. The topological polar surface area (TPSA) is 140 Å². The standard InChI is InChI=1S/C20H18N4O5/c1-29-18-6-5-12(7-14-9-15(23-20(21)26)11-22-19(14)25)8-17(18)13-3-2-4-16(10-13)24(27)28/h2-6,8-11H,7H2,1H3,(H,22,25)(H3,21,23,26). The second-order valence-electron chi connectivity index (χ2n) is 6.25.